The van der Waals surface area contributed by atoms with Crippen LogP contribution in [0.5, 0.6) is 5.75 Å². The number of hydrogen-bond acceptors (Lipinski definition) is 3. The maximum atomic E-state index is 11.5. The van der Waals surface area contributed by atoms with E-state index in [0.29, 0.717) is 17.0 Å². The Bertz CT molecular complexity index is 431. The van der Waals surface area contributed by atoms with E-state index in [1.165, 1.54) is 0 Å². The maximum absolute atomic E-state index is 11.5. The Kier molecular flexibility index (Phi) is 2.73. The quantitative estimate of drug-likeness (QED) is 0.656. The number of anilines is 1. The highest BCUT2D eigenvalue weighted by atomic mass is 79.9. The molecule has 0 saturated carbocycles. The van der Waals surface area contributed by atoms with Crippen LogP contribution in [0.2, 0.25) is 0 Å². The number of alkyl halides is 1. The molecule has 0 radical (unpaired) electrons. The molecule has 4 nitrogen and oxygen atoms in total. The molecule has 0 unspecified atom stereocenters. The topological polar surface area (TPSA) is 55.4 Å². The number of benzene rings is 1. The summed E-state index contributed by atoms with van der Waals surface area (Å²) in [4.78, 5) is 22.7. The summed E-state index contributed by atoms with van der Waals surface area (Å²) >= 11 is 3.09. The van der Waals surface area contributed by atoms with Crippen molar-refractivity contribution in [2.24, 2.45) is 0 Å². The molecule has 1 aliphatic rings. The van der Waals surface area contributed by atoms with E-state index in [9.17, 15) is 9.59 Å². The average Bonchev–Trinajstić information content (AvgIpc) is 2.27. The standard InChI is InChI=1S/C10H8BrNO3/c11-4-7(13)6-2-1-3-8-10(6)12-9(14)5-15-8/h1-3H,4-5H2,(H,12,14). The lowest BCUT2D eigenvalue weighted by Gasteiger charge is -2.19. The number of Topliss-reactive ketones (excluding diaryl/α,β-unsaturated/α-hetero) is 1. The first-order valence-electron chi connectivity index (χ1n) is 4.37. The maximum Gasteiger partial charge on any atom is 0.262 e. The van der Waals surface area contributed by atoms with Gasteiger partial charge in [0.15, 0.2) is 12.4 Å². The number of carbonyl (C=O) groups excluding carboxylic acids is 2. The molecule has 0 aliphatic carbocycles. The lowest BCUT2D eigenvalue weighted by atomic mass is 10.1. The number of amides is 1. The molecule has 15 heavy (non-hydrogen) atoms. The number of para-hydroxylation sites is 1. The molecule has 0 bridgehead atoms. The molecular weight excluding hydrogens is 262 g/mol. The van der Waals surface area contributed by atoms with Crippen molar-refractivity contribution in [1.29, 1.82) is 0 Å². The van der Waals surface area contributed by atoms with Crippen LogP contribution in [-0.4, -0.2) is 23.6 Å². The molecule has 1 amide bonds. The van der Waals surface area contributed by atoms with E-state index in [-0.39, 0.29) is 23.6 Å². The minimum atomic E-state index is -0.239. The summed E-state index contributed by atoms with van der Waals surface area (Å²) < 4.78 is 5.19. The van der Waals surface area contributed by atoms with E-state index in [2.05, 4.69) is 21.2 Å². The molecule has 1 aromatic carbocycles. The van der Waals surface area contributed by atoms with Gasteiger partial charge in [-0.15, -0.1) is 0 Å². The van der Waals surface area contributed by atoms with Crippen LogP contribution >= 0.6 is 15.9 Å². The molecule has 0 atom stereocenters. The summed E-state index contributed by atoms with van der Waals surface area (Å²) in [7, 11) is 0. The summed E-state index contributed by atoms with van der Waals surface area (Å²) in [6, 6.07) is 5.11. The molecule has 1 aromatic rings. The second-order valence-electron chi connectivity index (χ2n) is 3.07. The third kappa shape index (κ3) is 1.87. The average molecular weight is 270 g/mol. The number of nitrogens with one attached hydrogen (secondary N) is 1. The molecular formula is C10H8BrNO3. The number of ether oxygens (including phenoxy) is 1. The van der Waals surface area contributed by atoms with Gasteiger partial charge in [0, 0.05) is 5.56 Å². The van der Waals surface area contributed by atoms with Crippen LogP contribution in [0.1, 0.15) is 10.4 Å². The van der Waals surface area contributed by atoms with Gasteiger partial charge in [0.25, 0.3) is 5.91 Å². The van der Waals surface area contributed by atoms with Gasteiger partial charge < -0.3 is 10.1 Å². The summed E-state index contributed by atoms with van der Waals surface area (Å²) in [5.74, 6) is 0.219. The number of ketones is 1. The number of hydrogen-bond donors (Lipinski definition) is 1. The highest BCUT2D eigenvalue weighted by molar-refractivity contribution is 9.09. The van der Waals surface area contributed by atoms with Crippen LogP contribution in [0.15, 0.2) is 18.2 Å². The predicted molar refractivity (Wildman–Crippen MR) is 58.7 cm³/mol. The minimum absolute atomic E-state index is 0.00104. The Morgan fingerprint density at radius 2 is 2.33 bits per heavy atom. The fraction of sp³-hybridized carbons (Fsp3) is 0.200. The zero-order valence-electron chi connectivity index (χ0n) is 7.75. The van der Waals surface area contributed by atoms with Gasteiger partial charge in [-0.2, -0.15) is 0 Å². The smallest absolute Gasteiger partial charge is 0.262 e. The zero-order valence-corrected chi connectivity index (χ0v) is 9.33. The van der Waals surface area contributed by atoms with Crippen molar-refractivity contribution in [2.75, 3.05) is 17.3 Å². The van der Waals surface area contributed by atoms with Gasteiger partial charge in [-0.25, -0.2) is 0 Å². The summed E-state index contributed by atoms with van der Waals surface area (Å²) in [5.41, 5.74) is 0.940. The second kappa shape index (κ2) is 4.02. The van der Waals surface area contributed by atoms with Gasteiger partial charge >= 0.3 is 0 Å². The molecule has 0 saturated heterocycles. The fourth-order valence-corrected chi connectivity index (χ4v) is 1.71. The molecule has 0 fully saturated rings. The highest BCUT2D eigenvalue weighted by Gasteiger charge is 2.21. The van der Waals surface area contributed by atoms with E-state index in [4.69, 9.17) is 4.74 Å². The minimum Gasteiger partial charge on any atom is -0.482 e. The van der Waals surface area contributed by atoms with Crippen molar-refractivity contribution in [3.8, 4) is 5.75 Å². The van der Waals surface area contributed by atoms with Crippen molar-refractivity contribution >= 4 is 33.3 Å². The first kappa shape index (κ1) is 10.2. The van der Waals surface area contributed by atoms with Gasteiger partial charge in [0.2, 0.25) is 0 Å². The number of carbonyl (C=O) groups is 2. The van der Waals surface area contributed by atoms with Gasteiger partial charge in [-0.1, -0.05) is 22.0 Å². The monoisotopic (exact) mass is 269 g/mol. The lowest BCUT2D eigenvalue weighted by Crippen LogP contribution is -2.27. The van der Waals surface area contributed by atoms with Crippen LogP contribution in [0.4, 0.5) is 5.69 Å². The van der Waals surface area contributed by atoms with Crippen LogP contribution < -0.4 is 10.1 Å². The lowest BCUT2D eigenvalue weighted by molar-refractivity contribution is -0.118. The second-order valence-corrected chi connectivity index (χ2v) is 3.63. The van der Waals surface area contributed by atoms with E-state index in [1.54, 1.807) is 18.2 Å². The van der Waals surface area contributed by atoms with Crippen molar-refractivity contribution in [1.82, 2.24) is 0 Å². The Morgan fingerprint density at radius 3 is 3.07 bits per heavy atom. The van der Waals surface area contributed by atoms with Crippen molar-refractivity contribution < 1.29 is 14.3 Å². The largest absolute Gasteiger partial charge is 0.482 e. The fourth-order valence-electron chi connectivity index (χ4n) is 1.40. The molecule has 1 aliphatic heterocycles. The van der Waals surface area contributed by atoms with Crippen molar-refractivity contribution in [2.45, 2.75) is 0 Å². The van der Waals surface area contributed by atoms with E-state index in [0.717, 1.165) is 0 Å². The molecule has 1 heterocycles. The molecule has 1 N–H and O–H groups in total. The predicted octanol–water partition coefficient (Wildman–Crippen LogP) is 1.60. The molecule has 5 heteroatoms. The summed E-state index contributed by atoms with van der Waals surface area (Å²) in [6.45, 7) is -0.00104. The Balaban J connectivity index is 2.48. The van der Waals surface area contributed by atoms with Crippen molar-refractivity contribution in [3.63, 3.8) is 0 Å². The van der Waals surface area contributed by atoms with Crippen molar-refractivity contribution in [3.05, 3.63) is 23.8 Å². The SMILES string of the molecule is O=C1COc2cccc(C(=O)CBr)c2N1. The summed E-state index contributed by atoms with van der Waals surface area (Å²) in [5, 5.41) is 2.86. The van der Waals surface area contributed by atoms with Crippen LogP contribution in [0.25, 0.3) is 0 Å². The van der Waals surface area contributed by atoms with Gasteiger partial charge in [-0.3, -0.25) is 9.59 Å². The van der Waals surface area contributed by atoms with E-state index >= 15 is 0 Å². The molecule has 78 valence electrons. The van der Waals surface area contributed by atoms with Gasteiger partial charge in [-0.05, 0) is 12.1 Å². The summed E-state index contributed by atoms with van der Waals surface area (Å²) in [6.07, 6.45) is 0. The van der Waals surface area contributed by atoms with Crippen LogP contribution in [-0.2, 0) is 4.79 Å². The third-order valence-corrected chi connectivity index (χ3v) is 2.58. The van der Waals surface area contributed by atoms with Crippen LogP contribution in [0, 0.1) is 0 Å². The third-order valence-electron chi connectivity index (χ3n) is 2.07. The number of halogens is 1. The van der Waals surface area contributed by atoms with Gasteiger partial charge in [0.1, 0.15) is 5.75 Å². The molecule has 0 spiro atoms. The van der Waals surface area contributed by atoms with Gasteiger partial charge in [0.05, 0.1) is 11.0 Å². The number of fused-ring (bicyclic) bond motifs is 1. The molecule has 0 aromatic heterocycles. The Hall–Kier alpha value is -1.36. The first-order chi connectivity index (χ1) is 7.22. The normalized spacial score (nSPS) is 13.8. The van der Waals surface area contributed by atoms with E-state index < -0.39 is 0 Å². The number of rotatable bonds is 2. The molecule has 2 rings (SSSR count). The zero-order chi connectivity index (χ0) is 10.8. The van der Waals surface area contributed by atoms with Crippen LogP contribution in [0.3, 0.4) is 0 Å². The Labute approximate surface area is 94.7 Å². The highest BCUT2D eigenvalue weighted by Crippen LogP contribution is 2.31. The Morgan fingerprint density at radius 1 is 1.53 bits per heavy atom. The first-order valence-corrected chi connectivity index (χ1v) is 5.49. The van der Waals surface area contributed by atoms with E-state index in [1.807, 2.05) is 0 Å².